The van der Waals surface area contributed by atoms with Gasteiger partial charge in [0.2, 0.25) is 0 Å². The van der Waals surface area contributed by atoms with E-state index in [0.29, 0.717) is 6.04 Å². The van der Waals surface area contributed by atoms with Crippen LogP contribution in [0.25, 0.3) is 32.9 Å². The third kappa shape index (κ3) is 3.44. The summed E-state index contributed by atoms with van der Waals surface area (Å²) >= 11 is 0. The van der Waals surface area contributed by atoms with E-state index in [2.05, 4.69) is 81.0 Å². The summed E-state index contributed by atoms with van der Waals surface area (Å²) in [5.41, 5.74) is 7.32. The lowest BCUT2D eigenvalue weighted by molar-refractivity contribution is 0.277. The number of fused-ring (bicyclic) bond motifs is 2. The third-order valence-electron chi connectivity index (χ3n) is 6.20. The zero-order valence-electron chi connectivity index (χ0n) is 17.7. The van der Waals surface area contributed by atoms with Crippen molar-refractivity contribution in [3.8, 4) is 11.1 Å². The van der Waals surface area contributed by atoms with Crippen molar-refractivity contribution in [2.45, 2.75) is 25.8 Å². The molecule has 1 atom stereocenters. The van der Waals surface area contributed by atoms with E-state index in [1.165, 1.54) is 5.56 Å². The molecule has 6 heteroatoms. The molecule has 0 aliphatic carbocycles. The fourth-order valence-electron chi connectivity index (χ4n) is 4.59. The third-order valence-corrected chi connectivity index (χ3v) is 6.20. The summed E-state index contributed by atoms with van der Waals surface area (Å²) in [6.45, 7) is 12.0. The average Bonchev–Trinajstić information content (AvgIpc) is 3.27. The van der Waals surface area contributed by atoms with Gasteiger partial charge in [0, 0.05) is 41.2 Å². The van der Waals surface area contributed by atoms with Crippen LogP contribution in [0.5, 0.6) is 0 Å². The standard InChI is InChI=1S/C25H26N6/c1-4-17(3)31-12-6-7-18(15-31)28-23-14-27-30-25-19(23)8-5-9-20(25)24-16(2)10-11-22-21(24)13-26-29-22/h4-5,8-11,13-14,18H,1,3,6-7,12,15H2,2H3,(H,26,29)(H,28,30). The minimum atomic E-state index is 0.320. The Morgan fingerprint density at radius 1 is 1.23 bits per heavy atom. The van der Waals surface area contributed by atoms with Crippen molar-refractivity contribution in [1.82, 2.24) is 25.3 Å². The molecule has 2 N–H and O–H groups in total. The number of aryl methyl sites for hydroxylation is 1. The Morgan fingerprint density at radius 3 is 3.00 bits per heavy atom. The highest BCUT2D eigenvalue weighted by Gasteiger charge is 2.21. The zero-order chi connectivity index (χ0) is 21.4. The van der Waals surface area contributed by atoms with Crippen molar-refractivity contribution in [1.29, 1.82) is 0 Å². The Kier molecular flexibility index (Phi) is 4.90. The van der Waals surface area contributed by atoms with Crippen molar-refractivity contribution in [2.75, 3.05) is 18.4 Å². The summed E-state index contributed by atoms with van der Waals surface area (Å²) in [5, 5.41) is 22.1. The number of allylic oxidation sites excluding steroid dienone is 1. The second kappa shape index (κ2) is 7.87. The quantitative estimate of drug-likeness (QED) is 0.450. The zero-order valence-corrected chi connectivity index (χ0v) is 17.7. The van der Waals surface area contributed by atoms with E-state index in [-0.39, 0.29) is 0 Å². The van der Waals surface area contributed by atoms with Gasteiger partial charge in [0.15, 0.2) is 0 Å². The predicted molar refractivity (Wildman–Crippen MR) is 127 cm³/mol. The number of nitrogens with one attached hydrogen (secondary N) is 2. The molecule has 1 unspecified atom stereocenters. The summed E-state index contributed by atoms with van der Waals surface area (Å²) in [4.78, 5) is 2.29. The molecule has 156 valence electrons. The Balaban J connectivity index is 1.55. The first-order valence-electron chi connectivity index (χ1n) is 10.7. The Labute approximate surface area is 181 Å². The summed E-state index contributed by atoms with van der Waals surface area (Å²) in [5.74, 6) is 0. The van der Waals surface area contributed by atoms with Crippen molar-refractivity contribution < 1.29 is 0 Å². The molecule has 0 radical (unpaired) electrons. The fourth-order valence-corrected chi connectivity index (χ4v) is 4.59. The molecule has 2 aromatic carbocycles. The fraction of sp³-hybridized carbons (Fsp3) is 0.240. The maximum absolute atomic E-state index is 4.54. The molecule has 5 rings (SSSR count). The van der Waals surface area contributed by atoms with Gasteiger partial charge in [-0.3, -0.25) is 5.10 Å². The molecule has 0 bridgehead atoms. The number of piperidine rings is 1. The van der Waals surface area contributed by atoms with Crippen LogP contribution < -0.4 is 5.32 Å². The number of hydrogen-bond donors (Lipinski definition) is 2. The van der Waals surface area contributed by atoms with Crippen molar-refractivity contribution >= 4 is 27.5 Å². The number of aromatic nitrogens is 4. The topological polar surface area (TPSA) is 69.7 Å². The molecule has 0 amide bonds. The Hall–Kier alpha value is -3.67. The second-order valence-corrected chi connectivity index (χ2v) is 8.17. The van der Waals surface area contributed by atoms with E-state index in [0.717, 1.165) is 70.2 Å². The predicted octanol–water partition coefficient (Wildman–Crippen LogP) is 5.06. The molecule has 3 heterocycles. The highest BCUT2D eigenvalue weighted by molar-refractivity contribution is 6.06. The van der Waals surface area contributed by atoms with Crippen LogP contribution in [0.2, 0.25) is 0 Å². The lowest BCUT2D eigenvalue weighted by atomic mass is 9.94. The number of H-pyrrole nitrogens is 1. The first-order valence-corrected chi connectivity index (χ1v) is 10.7. The van der Waals surface area contributed by atoms with Crippen LogP contribution in [0.3, 0.4) is 0 Å². The van der Waals surface area contributed by atoms with Crippen LogP contribution in [-0.2, 0) is 0 Å². The molecule has 2 aromatic heterocycles. The number of anilines is 1. The maximum atomic E-state index is 4.54. The Morgan fingerprint density at radius 2 is 2.13 bits per heavy atom. The lowest BCUT2D eigenvalue weighted by Gasteiger charge is -2.35. The smallest absolute Gasteiger partial charge is 0.103 e. The largest absolute Gasteiger partial charge is 0.379 e. The van der Waals surface area contributed by atoms with E-state index < -0.39 is 0 Å². The van der Waals surface area contributed by atoms with Crippen LogP contribution in [-0.4, -0.2) is 44.4 Å². The lowest BCUT2D eigenvalue weighted by Crippen LogP contribution is -2.41. The van der Waals surface area contributed by atoms with Gasteiger partial charge in [-0.1, -0.05) is 37.4 Å². The van der Waals surface area contributed by atoms with Gasteiger partial charge in [0.1, 0.15) is 5.52 Å². The van der Waals surface area contributed by atoms with Gasteiger partial charge in [0.25, 0.3) is 0 Å². The van der Waals surface area contributed by atoms with Crippen molar-refractivity contribution in [3.63, 3.8) is 0 Å². The molecular weight excluding hydrogens is 384 g/mol. The summed E-state index contributed by atoms with van der Waals surface area (Å²) in [7, 11) is 0. The molecule has 31 heavy (non-hydrogen) atoms. The average molecular weight is 411 g/mol. The maximum Gasteiger partial charge on any atom is 0.103 e. The van der Waals surface area contributed by atoms with Gasteiger partial charge in [-0.05, 0) is 43.0 Å². The number of aromatic amines is 1. The highest BCUT2D eigenvalue weighted by atomic mass is 15.2. The number of rotatable bonds is 5. The number of benzene rings is 2. The van der Waals surface area contributed by atoms with Crippen molar-refractivity contribution in [2.24, 2.45) is 0 Å². The Bertz CT molecular complexity index is 1290. The first-order chi connectivity index (χ1) is 15.2. The number of hydrogen-bond acceptors (Lipinski definition) is 5. The van der Waals surface area contributed by atoms with Crippen molar-refractivity contribution in [3.05, 3.63) is 73.2 Å². The summed E-state index contributed by atoms with van der Waals surface area (Å²) in [6.07, 6.45) is 7.77. The van der Waals surface area contributed by atoms with Gasteiger partial charge in [-0.2, -0.15) is 10.2 Å². The van der Waals surface area contributed by atoms with Crippen LogP contribution >= 0.6 is 0 Å². The van der Waals surface area contributed by atoms with Gasteiger partial charge in [-0.25, -0.2) is 0 Å². The molecule has 1 aliphatic rings. The van der Waals surface area contributed by atoms with E-state index in [1.807, 2.05) is 18.5 Å². The number of nitrogens with zero attached hydrogens (tertiary/aromatic N) is 4. The molecular formula is C25H26N6. The van der Waals surface area contributed by atoms with E-state index in [9.17, 15) is 0 Å². The first kappa shape index (κ1) is 19.3. The highest BCUT2D eigenvalue weighted by Crippen LogP contribution is 2.36. The molecule has 0 saturated carbocycles. The second-order valence-electron chi connectivity index (χ2n) is 8.17. The van der Waals surface area contributed by atoms with Crippen LogP contribution in [0.4, 0.5) is 5.69 Å². The van der Waals surface area contributed by atoms with Crippen LogP contribution in [0, 0.1) is 6.92 Å². The van der Waals surface area contributed by atoms with Crippen LogP contribution in [0.1, 0.15) is 18.4 Å². The summed E-state index contributed by atoms with van der Waals surface area (Å²) in [6, 6.07) is 10.8. The van der Waals surface area contributed by atoms with Gasteiger partial charge in [-0.15, -0.1) is 5.10 Å². The van der Waals surface area contributed by atoms with Gasteiger partial charge < -0.3 is 10.2 Å². The minimum Gasteiger partial charge on any atom is -0.379 e. The van der Waals surface area contributed by atoms with E-state index >= 15 is 0 Å². The van der Waals surface area contributed by atoms with Gasteiger partial charge in [0.05, 0.1) is 23.6 Å². The van der Waals surface area contributed by atoms with Crippen LogP contribution in [0.15, 0.2) is 67.7 Å². The number of likely N-dealkylation sites (tertiary alicyclic amines) is 1. The monoisotopic (exact) mass is 410 g/mol. The van der Waals surface area contributed by atoms with E-state index in [1.54, 1.807) is 0 Å². The summed E-state index contributed by atoms with van der Waals surface area (Å²) < 4.78 is 0. The van der Waals surface area contributed by atoms with E-state index in [4.69, 9.17) is 0 Å². The molecule has 0 spiro atoms. The normalized spacial score (nSPS) is 16.5. The molecule has 4 aromatic rings. The SMILES string of the molecule is C=CC(=C)N1CCCC(Nc2cnnc3c(-c4c(C)ccc5[nH]ncc45)cccc23)C1. The molecule has 6 nitrogen and oxygen atoms in total. The molecule has 1 aliphatic heterocycles. The van der Waals surface area contributed by atoms with Gasteiger partial charge >= 0.3 is 0 Å². The minimum absolute atomic E-state index is 0.320. The molecule has 1 fully saturated rings. The molecule has 1 saturated heterocycles.